The van der Waals surface area contributed by atoms with Crippen LogP contribution in [0.3, 0.4) is 0 Å². The van der Waals surface area contributed by atoms with Crippen molar-refractivity contribution in [2.24, 2.45) is 0 Å². The molecule has 0 unspecified atom stereocenters. The summed E-state index contributed by atoms with van der Waals surface area (Å²) in [5.74, 6) is 0.411. The highest BCUT2D eigenvalue weighted by atomic mass is 35.5. The molecule has 0 spiro atoms. The van der Waals surface area contributed by atoms with Crippen molar-refractivity contribution >= 4 is 27.3 Å². The Balaban J connectivity index is 2.51. The van der Waals surface area contributed by atoms with Crippen LogP contribution in [0.2, 0.25) is 5.02 Å². The molecule has 0 radical (unpaired) electrons. The molecule has 1 N–H and O–H groups in total. The Labute approximate surface area is 141 Å². The van der Waals surface area contributed by atoms with E-state index < -0.39 is 10.0 Å². The summed E-state index contributed by atoms with van der Waals surface area (Å²) in [7, 11) is -1.05. The second-order valence-electron chi connectivity index (χ2n) is 4.75. The molecule has 0 aliphatic carbocycles. The minimum Gasteiger partial charge on any atom is -0.495 e. The van der Waals surface area contributed by atoms with Crippen LogP contribution >= 0.6 is 11.6 Å². The zero-order valence-corrected chi connectivity index (χ0v) is 14.7. The largest absolute Gasteiger partial charge is 0.495 e. The number of halogens is 1. The van der Waals surface area contributed by atoms with E-state index in [1.807, 2.05) is 19.1 Å². The highest BCUT2D eigenvalue weighted by molar-refractivity contribution is 7.92. The maximum absolute atomic E-state index is 12.7. The normalized spacial score (nSPS) is 11.1. The summed E-state index contributed by atoms with van der Waals surface area (Å²) >= 11 is 6.02. The van der Waals surface area contributed by atoms with Crippen LogP contribution in [0.4, 0.5) is 5.69 Å². The minimum atomic E-state index is -3.85. The van der Waals surface area contributed by atoms with Gasteiger partial charge in [0.15, 0.2) is 0 Å². The van der Waals surface area contributed by atoms with Gasteiger partial charge in [0.05, 0.1) is 24.9 Å². The van der Waals surface area contributed by atoms with Crippen molar-refractivity contribution < 1.29 is 17.9 Å². The predicted molar refractivity (Wildman–Crippen MR) is 91.2 cm³/mol. The number of nitrogens with one attached hydrogen (secondary N) is 1. The van der Waals surface area contributed by atoms with Gasteiger partial charge in [-0.3, -0.25) is 4.72 Å². The van der Waals surface area contributed by atoms with E-state index in [0.29, 0.717) is 12.1 Å². The number of sulfonamides is 1. The van der Waals surface area contributed by atoms with Gasteiger partial charge in [-0.2, -0.15) is 0 Å². The average molecular weight is 356 g/mol. The molecule has 2 aromatic rings. The summed E-state index contributed by atoms with van der Waals surface area (Å²) in [6.45, 7) is 1.96. The Morgan fingerprint density at radius 3 is 2.35 bits per heavy atom. The number of hydrogen-bond donors (Lipinski definition) is 1. The number of aryl methyl sites for hydroxylation is 1. The fraction of sp³-hybridized carbons (Fsp3) is 0.250. The monoisotopic (exact) mass is 355 g/mol. The molecule has 0 aromatic heterocycles. The predicted octanol–water partition coefficient (Wildman–Crippen LogP) is 3.72. The number of ether oxygens (including phenoxy) is 2. The molecule has 23 heavy (non-hydrogen) atoms. The van der Waals surface area contributed by atoms with Crippen LogP contribution in [0.15, 0.2) is 41.3 Å². The quantitative estimate of drug-likeness (QED) is 0.857. The molecule has 0 amide bonds. The van der Waals surface area contributed by atoms with Crippen LogP contribution < -0.4 is 14.2 Å². The van der Waals surface area contributed by atoms with Gasteiger partial charge in [-0.25, -0.2) is 8.42 Å². The molecule has 124 valence electrons. The molecule has 7 heteroatoms. The zero-order valence-electron chi connectivity index (χ0n) is 13.1. The third kappa shape index (κ3) is 3.71. The first kappa shape index (κ1) is 17.4. The molecule has 5 nitrogen and oxygen atoms in total. The van der Waals surface area contributed by atoms with Crippen LogP contribution in [0.25, 0.3) is 0 Å². The van der Waals surface area contributed by atoms with Gasteiger partial charge < -0.3 is 9.47 Å². The Bertz CT molecular complexity index is 806. The maximum Gasteiger partial charge on any atom is 0.265 e. The van der Waals surface area contributed by atoms with E-state index in [0.717, 1.165) is 5.56 Å². The SMILES string of the molecule is CCc1ccccc1NS(=O)(=O)c1cc(OC)c(Cl)cc1OC. The smallest absolute Gasteiger partial charge is 0.265 e. The number of anilines is 1. The van der Waals surface area contributed by atoms with Crippen molar-refractivity contribution in [3.05, 3.63) is 47.0 Å². The fourth-order valence-corrected chi connectivity index (χ4v) is 3.67. The summed E-state index contributed by atoms with van der Waals surface area (Å²) in [5.41, 5.74) is 1.43. The van der Waals surface area contributed by atoms with E-state index in [4.69, 9.17) is 21.1 Å². The van der Waals surface area contributed by atoms with Crippen molar-refractivity contribution in [1.82, 2.24) is 0 Å². The first-order valence-electron chi connectivity index (χ1n) is 6.95. The molecular weight excluding hydrogens is 338 g/mol. The molecule has 0 atom stereocenters. The van der Waals surface area contributed by atoms with Gasteiger partial charge in [0.25, 0.3) is 10.0 Å². The molecule has 0 fully saturated rings. The fourth-order valence-electron chi connectivity index (χ4n) is 2.17. The Hall–Kier alpha value is -1.92. The molecular formula is C16H18ClNO4S. The third-order valence-electron chi connectivity index (χ3n) is 3.37. The van der Waals surface area contributed by atoms with E-state index in [1.54, 1.807) is 12.1 Å². The molecule has 0 heterocycles. The van der Waals surface area contributed by atoms with Crippen molar-refractivity contribution in [1.29, 1.82) is 0 Å². The van der Waals surface area contributed by atoms with Gasteiger partial charge >= 0.3 is 0 Å². The summed E-state index contributed by atoms with van der Waals surface area (Å²) in [4.78, 5) is -0.0350. The van der Waals surface area contributed by atoms with Crippen molar-refractivity contribution in [3.8, 4) is 11.5 Å². The lowest BCUT2D eigenvalue weighted by Crippen LogP contribution is -2.15. The van der Waals surface area contributed by atoms with Gasteiger partial charge in [-0.05, 0) is 18.1 Å². The van der Waals surface area contributed by atoms with Crippen LogP contribution in [0.1, 0.15) is 12.5 Å². The third-order valence-corrected chi connectivity index (χ3v) is 5.05. The van der Waals surface area contributed by atoms with Gasteiger partial charge in [0.2, 0.25) is 0 Å². The standard InChI is InChI=1S/C16H18ClNO4S/c1-4-11-7-5-6-8-13(11)18-23(19,20)16-10-14(21-2)12(17)9-15(16)22-3/h5-10,18H,4H2,1-3H3. The second kappa shape index (κ2) is 7.10. The Kier molecular flexibility index (Phi) is 5.38. The van der Waals surface area contributed by atoms with Crippen molar-refractivity contribution in [2.45, 2.75) is 18.2 Å². The second-order valence-corrected chi connectivity index (χ2v) is 6.81. The van der Waals surface area contributed by atoms with Gasteiger partial charge in [-0.1, -0.05) is 36.7 Å². The summed E-state index contributed by atoms with van der Waals surface area (Å²) < 4.78 is 38.3. The lowest BCUT2D eigenvalue weighted by molar-refractivity contribution is 0.392. The number of benzene rings is 2. The molecule has 0 saturated carbocycles. The zero-order chi connectivity index (χ0) is 17.0. The molecule has 0 aliphatic heterocycles. The van der Waals surface area contributed by atoms with Crippen LogP contribution in [0, 0.1) is 0 Å². The van der Waals surface area contributed by atoms with E-state index in [2.05, 4.69) is 4.72 Å². The van der Waals surface area contributed by atoms with Crippen molar-refractivity contribution in [3.63, 3.8) is 0 Å². The number of methoxy groups -OCH3 is 2. The molecule has 0 aliphatic rings. The number of para-hydroxylation sites is 1. The molecule has 0 bridgehead atoms. The summed E-state index contributed by atoms with van der Waals surface area (Å²) in [6, 6.07) is 9.99. The van der Waals surface area contributed by atoms with Crippen LogP contribution in [-0.2, 0) is 16.4 Å². The van der Waals surface area contributed by atoms with Crippen LogP contribution in [-0.4, -0.2) is 22.6 Å². The number of hydrogen-bond acceptors (Lipinski definition) is 4. The van der Waals surface area contributed by atoms with E-state index in [-0.39, 0.29) is 21.4 Å². The van der Waals surface area contributed by atoms with Gasteiger partial charge in [0, 0.05) is 12.1 Å². The summed E-state index contributed by atoms with van der Waals surface area (Å²) in [5, 5.41) is 0.275. The minimum absolute atomic E-state index is 0.0350. The van der Waals surface area contributed by atoms with Crippen molar-refractivity contribution in [2.75, 3.05) is 18.9 Å². The first-order chi connectivity index (χ1) is 10.9. The highest BCUT2D eigenvalue weighted by Crippen LogP contribution is 2.36. The average Bonchev–Trinajstić information content (AvgIpc) is 2.54. The number of rotatable bonds is 6. The topological polar surface area (TPSA) is 64.6 Å². The van der Waals surface area contributed by atoms with Crippen LogP contribution in [0.5, 0.6) is 11.5 Å². The highest BCUT2D eigenvalue weighted by Gasteiger charge is 2.23. The summed E-state index contributed by atoms with van der Waals surface area (Å²) in [6.07, 6.45) is 0.708. The van der Waals surface area contributed by atoms with E-state index in [1.165, 1.54) is 26.4 Å². The molecule has 2 aromatic carbocycles. The molecule has 2 rings (SSSR count). The van der Waals surface area contributed by atoms with E-state index >= 15 is 0 Å². The maximum atomic E-state index is 12.7. The Morgan fingerprint density at radius 1 is 1.09 bits per heavy atom. The van der Waals surface area contributed by atoms with Gasteiger partial charge in [0.1, 0.15) is 16.4 Å². The first-order valence-corrected chi connectivity index (χ1v) is 8.81. The van der Waals surface area contributed by atoms with Gasteiger partial charge in [-0.15, -0.1) is 0 Å². The lowest BCUT2D eigenvalue weighted by Gasteiger charge is -2.15. The molecule has 0 saturated heterocycles. The Morgan fingerprint density at radius 2 is 1.74 bits per heavy atom. The lowest BCUT2D eigenvalue weighted by atomic mass is 10.1. The van der Waals surface area contributed by atoms with E-state index in [9.17, 15) is 8.42 Å².